The summed E-state index contributed by atoms with van der Waals surface area (Å²) in [6, 6.07) is 18.0. The lowest BCUT2D eigenvalue weighted by atomic mass is 10.1. The first kappa shape index (κ1) is 20.1. The number of nitrogens with one attached hydrogen (secondary N) is 1. The largest absolute Gasteiger partial charge is 0.359 e. The van der Waals surface area contributed by atoms with Crippen molar-refractivity contribution in [2.45, 2.75) is 30.3 Å². The molecule has 152 valence electrons. The molecule has 8 heteroatoms. The van der Waals surface area contributed by atoms with Crippen LogP contribution in [0, 0.1) is 0 Å². The first-order valence-electron chi connectivity index (χ1n) is 9.51. The summed E-state index contributed by atoms with van der Waals surface area (Å²) in [6.07, 6.45) is 1.49. The Labute approximate surface area is 175 Å². The highest BCUT2D eigenvalue weighted by Crippen LogP contribution is 2.21. The minimum Gasteiger partial charge on any atom is -0.359 e. The van der Waals surface area contributed by atoms with Crippen molar-refractivity contribution >= 4 is 21.6 Å². The molecule has 6 nitrogen and oxygen atoms in total. The number of likely N-dealkylation sites (tertiary alicyclic amines) is 1. The van der Waals surface area contributed by atoms with Gasteiger partial charge in [0.1, 0.15) is 5.69 Å². The number of aromatic nitrogens is 1. The Morgan fingerprint density at radius 3 is 2.45 bits per heavy atom. The van der Waals surface area contributed by atoms with E-state index >= 15 is 0 Å². The number of piperidine rings is 1. The molecule has 1 fully saturated rings. The Kier molecular flexibility index (Phi) is 6.01. The predicted molar refractivity (Wildman–Crippen MR) is 112 cm³/mol. The monoisotopic (exact) mass is 431 g/mol. The van der Waals surface area contributed by atoms with E-state index in [2.05, 4.69) is 14.8 Å². The number of hydrogen-bond acceptors (Lipinski definition) is 5. The smallest absolute Gasteiger partial charge is 0.240 e. The molecule has 0 saturated carbocycles. The molecule has 1 N–H and O–H groups in total. The molecule has 1 aromatic heterocycles. The first-order valence-corrected chi connectivity index (χ1v) is 11.4. The molecule has 1 aliphatic heterocycles. The van der Waals surface area contributed by atoms with Gasteiger partial charge in [-0.2, -0.15) is 0 Å². The lowest BCUT2D eigenvalue weighted by molar-refractivity contribution is 0.180. The highest BCUT2D eigenvalue weighted by molar-refractivity contribution is 7.89. The van der Waals surface area contributed by atoms with Crippen molar-refractivity contribution in [1.29, 1.82) is 0 Å². The average molecular weight is 432 g/mol. The number of hydrogen-bond donors (Lipinski definition) is 1. The maximum atomic E-state index is 12.5. The van der Waals surface area contributed by atoms with Crippen LogP contribution in [0.2, 0.25) is 5.02 Å². The number of benzene rings is 2. The van der Waals surface area contributed by atoms with Crippen molar-refractivity contribution in [1.82, 2.24) is 14.8 Å². The topological polar surface area (TPSA) is 75.4 Å². The van der Waals surface area contributed by atoms with Gasteiger partial charge in [-0.05, 0) is 37.1 Å². The molecule has 2 aromatic carbocycles. The van der Waals surface area contributed by atoms with E-state index in [0.29, 0.717) is 11.6 Å². The van der Waals surface area contributed by atoms with Gasteiger partial charge in [0.2, 0.25) is 10.0 Å². The van der Waals surface area contributed by atoms with E-state index in [-0.39, 0.29) is 10.9 Å². The molecular formula is C21H22ClN3O3S. The molecule has 1 saturated heterocycles. The Hall–Kier alpha value is -2.19. The molecule has 0 atom stereocenters. The normalized spacial score (nSPS) is 16.2. The van der Waals surface area contributed by atoms with E-state index in [9.17, 15) is 8.42 Å². The van der Waals surface area contributed by atoms with Gasteiger partial charge in [0.15, 0.2) is 5.76 Å². The molecule has 29 heavy (non-hydrogen) atoms. The van der Waals surface area contributed by atoms with E-state index < -0.39 is 10.0 Å². The van der Waals surface area contributed by atoms with Crippen molar-refractivity contribution in [2.75, 3.05) is 13.1 Å². The second kappa shape index (κ2) is 8.67. The van der Waals surface area contributed by atoms with Crippen molar-refractivity contribution in [3.8, 4) is 11.3 Å². The highest BCUT2D eigenvalue weighted by Gasteiger charge is 2.25. The standard InChI is InChI=1S/C21H22ClN3O3S/c22-17-6-8-20(9-7-17)29(26,27)24-18-10-12-25(13-11-18)15-19-14-21(23-28-19)16-4-2-1-3-5-16/h1-9,14,18,24H,10-13,15H2. The van der Waals surface area contributed by atoms with E-state index in [1.165, 1.54) is 12.1 Å². The van der Waals surface area contributed by atoms with E-state index in [0.717, 1.165) is 42.9 Å². The zero-order valence-electron chi connectivity index (χ0n) is 15.8. The van der Waals surface area contributed by atoms with Gasteiger partial charge in [-0.25, -0.2) is 13.1 Å². The van der Waals surface area contributed by atoms with Gasteiger partial charge >= 0.3 is 0 Å². The first-order chi connectivity index (χ1) is 14.0. The summed E-state index contributed by atoms with van der Waals surface area (Å²) < 4.78 is 33.4. The molecule has 1 aliphatic rings. The van der Waals surface area contributed by atoms with Crippen molar-refractivity contribution in [3.05, 3.63) is 71.4 Å². The Morgan fingerprint density at radius 2 is 1.76 bits per heavy atom. The zero-order chi connectivity index (χ0) is 20.3. The van der Waals surface area contributed by atoms with Crippen LogP contribution in [0.15, 0.2) is 70.1 Å². The van der Waals surface area contributed by atoms with Crippen LogP contribution >= 0.6 is 11.6 Å². The fourth-order valence-electron chi connectivity index (χ4n) is 3.46. The summed E-state index contributed by atoms with van der Waals surface area (Å²) in [7, 11) is -3.54. The molecule has 3 aromatic rings. The summed E-state index contributed by atoms with van der Waals surface area (Å²) in [6.45, 7) is 2.24. The fourth-order valence-corrected chi connectivity index (χ4v) is 4.89. The van der Waals surface area contributed by atoms with Crippen LogP contribution in [0.1, 0.15) is 18.6 Å². The van der Waals surface area contributed by atoms with Crippen molar-refractivity contribution in [3.63, 3.8) is 0 Å². The van der Waals surface area contributed by atoms with Gasteiger partial charge in [-0.15, -0.1) is 0 Å². The quantitative estimate of drug-likeness (QED) is 0.639. The molecule has 0 amide bonds. The molecule has 0 spiro atoms. The number of halogens is 1. The molecule has 0 unspecified atom stereocenters. The Morgan fingerprint density at radius 1 is 1.07 bits per heavy atom. The van der Waals surface area contributed by atoms with Crippen LogP contribution in [0.5, 0.6) is 0 Å². The third-order valence-corrected chi connectivity index (χ3v) is 6.83. The summed E-state index contributed by atoms with van der Waals surface area (Å²) >= 11 is 5.84. The van der Waals surface area contributed by atoms with Crippen LogP contribution in [0.3, 0.4) is 0 Å². The Bertz CT molecular complexity index is 1040. The lowest BCUT2D eigenvalue weighted by Gasteiger charge is -2.31. The second-order valence-electron chi connectivity index (χ2n) is 7.17. The molecule has 0 aliphatic carbocycles. The number of nitrogens with zero attached hydrogens (tertiary/aromatic N) is 2. The minimum absolute atomic E-state index is 0.0819. The SMILES string of the molecule is O=S(=O)(NC1CCN(Cc2cc(-c3ccccc3)no2)CC1)c1ccc(Cl)cc1. The number of sulfonamides is 1. The molecule has 0 radical (unpaired) electrons. The Balaban J connectivity index is 1.31. The molecule has 4 rings (SSSR count). The highest BCUT2D eigenvalue weighted by atomic mass is 35.5. The van der Waals surface area contributed by atoms with Crippen LogP contribution in [-0.2, 0) is 16.6 Å². The summed E-state index contributed by atoms with van der Waals surface area (Å²) in [4.78, 5) is 2.49. The van der Waals surface area contributed by atoms with Crippen LogP contribution < -0.4 is 4.72 Å². The second-order valence-corrected chi connectivity index (χ2v) is 9.32. The minimum atomic E-state index is -3.54. The molecular weight excluding hydrogens is 410 g/mol. The van der Waals surface area contributed by atoms with Crippen LogP contribution in [-0.4, -0.2) is 37.6 Å². The third kappa shape index (κ3) is 5.05. The van der Waals surface area contributed by atoms with Crippen LogP contribution in [0.25, 0.3) is 11.3 Å². The third-order valence-electron chi connectivity index (χ3n) is 5.04. The average Bonchev–Trinajstić information content (AvgIpc) is 3.19. The van der Waals surface area contributed by atoms with E-state index in [4.69, 9.17) is 16.1 Å². The lowest BCUT2D eigenvalue weighted by Crippen LogP contribution is -2.44. The maximum absolute atomic E-state index is 12.5. The van der Waals surface area contributed by atoms with Gasteiger partial charge in [0, 0.05) is 35.8 Å². The van der Waals surface area contributed by atoms with Gasteiger partial charge in [0.05, 0.1) is 11.4 Å². The van der Waals surface area contributed by atoms with Crippen LogP contribution in [0.4, 0.5) is 0 Å². The zero-order valence-corrected chi connectivity index (χ0v) is 17.4. The van der Waals surface area contributed by atoms with Crippen molar-refractivity contribution in [2.24, 2.45) is 0 Å². The molecule has 2 heterocycles. The molecule has 0 bridgehead atoms. The van der Waals surface area contributed by atoms with Crippen molar-refractivity contribution < 1.29 is 12.9 Å². The van der Waals surface area contributed by atoms with Gasteiger partial charge in [-0.3, -0.25) is 4.90 Å². The fraction of sp³-hybridized carbons (Fsp3) is 0.286. The van der Waals surface area contributed by atoms with Gasteiger partial charge < -0.3 is 4.52 Å². The maximum Gasteiger partial charge on any atom is 0.240 e. The summed E-state index contributed by atoms with van der Waals surface area (Å²) in [5.74, 6) is 0.809. The van der Waals surface area contributed by atoms with Gasteiger partial charge in [0.25, 0.3) is 0 Å². The van der Waals surface area contributed by atoms with Gasteiger partial charge in [-0.1, -0.05) is 47.1 Å². The van der Waals surface area contributed by atoms with E-state index in [1.807, 2.05) is 36.4 Å². The summed E-state index contributed by atoms with van der Waals surface area (Å²) in [5, 5.41) is 4.67. The predicted octanol–water partition coefficient (Wildman–Crippen LogP) is 3.94. The van der Waals surface area contributed by atoms with E-state index in [1.54, 1.807) is 12.1 Å². The number of rotatable bonds is 6. The summed E-state index contributed by atoms with van der Waals surface area (Å²) in [5.41, 5.74) is 1.85.